The highest BCUT2D eigenvalue weighted by molar-refractivity contribution is 6.32. The molecule has 1 rings (SSSR count). The number of methoxy groups -OCH3 is 2. The number of benzene rings is 1. The normalized spacial score (nSPS) is 10.1. The number of hydrogen-bond acceptors (Lipinski definition) is 4. The van der Waals surface area contributed by atoms with Gasteiger partial charge in [0.25, 0.3) is 0 Å². The summed E-state index contributed by atoms with van der Waals surface area (Å²) >= 11 is 6.08. The Hall–Kier alpha value is -1.95. The van der Waals surface area contributed by atoms with Crippen molar-refractivity contribution < 1.29 is 19.1 Å². The lowest BCUT2D eigenvalue weighted by molar-refractivity contribution is -0.121. The molecule has 0 bridgehead atoms. The van der Waals surface area contributed by atoms with Crippen LogP contribution in [0.3, 0.4) is 0 Å². The third kappa shape index (κ3) is 5.32. The van der Waals surface area contributed by atoms with Crippen molar-refractivity contribution in [2.24, 2.45) is 0 Å². The molecule has 7 heteroatoms. The highest BCUT2D eigenvalue weighted by atomic mass is 35.5. The van der Waals surface area contributed by atoms with Gasteiger partial charge >= 0.3 is 0 Å². The van der Waals surface area contributed by atoms with Crippen LogP contribution in [0.15, 0.2) is 12.1 Å². The number of nitrogens with one attached hydrogen (secondary N) is 1. The van der Waals surface area contributed by atoms with Crippen LogP contribution in [0.4, 0.5) is 5.69 Å². The fraction of sp³-hybridized carbons (Fsp3) is 0.500. The average Bonchev–Trinajstić information content (AvgIpc) is 2.51. The monoisotopic (exact) mass is 342 g/mol. The minimum absolute atomic E-state index is 0.0309. The van der Waals surface area contributed by atoms with E-state index in [0.29, 0.717) is 41.7 Å². The Morgan fingerprint density at radius 3 is 2.39 bits per heavy atom. The minimum Gasteiger partial charge on any atom is -0.495 e. The number of ether oxygens (including phenoxy) is 2. The molecule has 1 N–H and O–H groups in total. The summed E-state index contributed by atoms with van der Waals surface area (Å²) < 4.78 is 10.5. The van der Waals surface area contributed by atoms with Gasteiger partial charge in [-0.05, 0) is 6.42 Å². The van der Waals surface area contributed by atoms with Gasteiger partial charge < -0.3 is 19.7 Å². The largest absolute Gasteiger partial charge is 0.495 e. The second kappa shape index (κ2) is 9.25. The number of anilines is 1. The second-order valence-electron chi connectivity index (χ2n) is 4.93. The van der Waals surface area contributed by atoms with Gasteiger partial charge in [-0.15, -0.1) is 0 Å². The SMILES string of the molecule is CCCC(=O)NCCN(C(C)=O)c1cc(OC)c(Cl)cc1OC. The lowest BCUT2D eigenvalue weighted by Crippen LogP contribution is -2.37. The standard InChI is InChI=1S/C16H23ClN2O4/c1-5-6-16(21)18-7-8-19(11(2)20)13-10-14(22-3)12(17)9-15(13)23-4/h9-10H,5-8H2,1-4H3,(H,18,21). The maximum atomic E-state index is 12.0. The summed E-state index contributed by atoms with van der Waals surface area (Å²) in [4.78, 5) is 25.0. The topological polar surface area (TPSA) is 67.9 Å². The predicted molar refractivity (Wildman–Crippen MR) is 90.5 cm³/mol. The number of halogens is 1. The molecule has 6 nitrogen and oxygen atoms in total. The first-order valence-electron chi connectivity index (χ1n) is 7.40. The van der Waals surface area contributed by atoms with Gasteiger partial charge in [-0.25, -0.2) is 0 Å². The van der Waals surface area contributed by atoms with Crippen LogP contribution in [-0.4, -0.2) is 39.1 Å². The smallest absolute Gasteiger partial charge is 0.224 e. The molecule has 0 aliphatic heterocycles. The minimum atomic E-state index is -0.169. The van der Waals surface area contributed by atoms with Gasteiger partial charge in [-0.3, -0.25) is 9.59 Å². The van der Waals surface area contributed by atoms with Crippen LogP contribution >= 0.6 is 11.6 Å². The van der Waals surface area contributed by atoms with E-state index in [9.17, 15) is 9.59 Å². The number of amides is 2. The number of carbonyl (C=O) groups is 2. The van der Waals surface area contributed by atoms with Crippen LogP contribution in [-0.2, 0) is 9.59 Å². The molecule has 0 spiro atoms. The van der Waals surface area contributed by atoms with Gasteiger partial charge in [0.1, 0.15) is 11.5 Å². The summed E-state index contributed by atoms with van der Waals surface area (Å²) in [5.41, 5.74) is 0.547. The van der Waals surface area contributed by atoms with Crippen molar-refractivity contribution >= 4 is 29.1 Å². The van der Waals surface area contributed by atoms with Gasteiger partial charge in [0, 0.05) is 38.6 Å². The van der Waals surface area contributed by atoms with Crippen LogP contribution in [0, 0.1) is 0 Å². The van der Waals surface area contributed by atoms with Crippen molar-refractivity contribution in [1.29, 1.82) is 0 Å². The molecule has 1 aromatic rings. The fourth-order valence-corrected chi connectivity index (χ4v) is 2.36. The Kier molecular flexibility index (Phi) is 7.68. The molecule has 0 radical (unpaired) electrons. The zero-order chi connectivity index (χ0) is 17.4. The highest BCUT2D eigenvalue weighted by Gasteiger charge is 2.19. The van der Waals surface area contributed by atoms with E-state index in [0.717, 1.165) is 6.42 Å². The van der Waals surface area contributed by atoms with Crippen molar-refractivity contribution in [1.82, 2.24) is 5.32 Å². The van der Waals surface area contributed by atoms with Crippen LogP contribution in [0.25, 0.3) is 0 Å². The van der Waals surface area contributed by atoms with Crippen molar-refractivity contribution in [3.05, 3.63) is 17.2 Å². The van der Waals surface area contributed by atoms with E-state index in [2.05, 4.69) is 5.32 Å². The first-order chi connectivity index (χ1) is 10.9. The molecule has 128 valence electrons. The van der Waals surface area contributed by atoms with Gasteiger partial charge in [0.05, 0.1) is 24.9 Å². The Morgan fingerprint density at radius 1 is 1.22 bits per heavy atom. The summed E-state index contributed by atoms with van der Waals surface area (Å²) in [5.74, 6) is 0.712. The zero-order valence-corrected chi connectivity index (χ0v) is 14.7. The molecule has 1 aromatic carbocycles. The van der Waals surface area contributed by atoms with Crippen LogP contribution in [0.5, 0.6) is 11.5 Å². The van der Waals surface area contributed by atoms with Crippen LogP contribution in [0.1, 0.15) is 26.7 Å². The Balaban J connectivity index is 2.96. The number of hydrogen-bond donors (Lipinski definition) is 1. The highest BCUT2D eigenvalue weighted by Crippen LogP contribution is 2.38. The Labute approximate surface area is 141 Å². The maximum absolute atomic E-state index is 12.0. The third-order valence-electron chi connectivity index (χ3n) is 3.26. The van der Waals surface area contributed by atoms with Gasteiger partial charge in [-0.2, -0.15) is 0 Å². The number of carbonyl (C=O) groups excluding carboxylic acids is 2. The van der Waals surface area contributed by atoms with Crippen LogP contribution in [0.2, 0.25) is 5.02 Å². The quantitative estimate of drug-likeness (QED) is 0.788. The molecule has 0 aliphatic rings. The van der Waals surface area contributed by atoms with Crippen molar-refractivity contribution in [3.8, 4) is 11.5 Å². The van der Waals surface area contributed by atoms with E-state index in [1.54, 1.807) is 12.1 Å². The van der Waals surface area contributed by atoms with Crippen molar-refractivity contribution in [2.45, 2.75) is 26.7 Å². The second-order valence-corrected chi connectivity index (χ2v) is 5.34. The third-order valence-corrected chi connectivity index (χ3v) is 3.55. The van der Waals surface area contributed by atoms with E-state index in [-0.39, 0.29) is 11.8 Å². The van der Waals surface area contributed by atoms with Gasteiger partial charge in [0.15, 0.2) is 0 Å². The molecule has 0 aromatic heterocycles. The predicted octanol–water partition coefficient (Wildman–Crippen LogP) is 2.63. The lowest BCUT2D eigenvalue weighted by Gasteiger charge is -2.24. The van der Waals surface area contributed by atoms with Crippen molar-refractivity contribution in [2.75, 3.05) is 32.2 Å². The number of nitrogens with zero attached hydrogens (tertiary/aromatic N) is 1. The molecule has 0 unspecified atom stereocenters. The molecular formula is C16H23ClN2O4. The van der Waals surface area contributed by atoms with E-state index < -0.39 is 0 Å². The molecule has 0 saturated carbocycles. The number of rotatable bonds is 8. The summed E-state index contributed by atoms with van der Waals surface area (Å²) in [5, 5.41) is 3.18. The molecular weight excluding hydrogens is 320 g/mol. The first-order valence-corrected chi connectivity index (χ1v) is 7.78. The van der Waals surface area contributed by atoms with Gasteiger partial charge in [-0.1, -0.05) is 18.5 Å². The molecule has 0 fully saturated rings. The lowest BCUT2D eigenvalue weighted by atomic mass is 10.2. The summed E-state index contributed by atoms with van der Waals surface area (Å²) in [6, 6.07) is 3.25. The molecule has 0 atom stereocenters. The average molecular weight is 343 g/mol. The fourth-order valence-electron chi connectivity index (χ4n) is 2.13. The maximum Gasteiger partial charge on any atom is 0.224 e. The Morgan fingerprint density at radius 2 is 1.87 bits per heavy atom. The molecule has 2 amide bonds. The van der Waals surface area contributed by atoms with E-state index in [1.807, 2.05) is 6.92 Å². The molecule has 0 heterocycles. The summed E-state index contributed by atoms with van der Waals surface area (Å²) in [6.07, 6.45) is 1.25. The van der Waals surface area contributed by atoms with E-state index >= 15 is 0 Å². The summed E-state index contributed by atoms with van der Waals surface area (Å²) in [6.45, 7) is 4.07. The van der Waals surface area contributed by atoms with Crippen LogP contribution < -0.4 is 19.7 Å². The van der Waals surface area contributed by atoms with E-state index in [1.165, 1.54) is 26.0 Å². The summed E-state index contributed by atoms with van der Waals surface area (Å²) in [7, 11) is 3.00. The molecule has 0 aliphatic carbocycles. The Bertz CT molecular complexity index is 563. The van der Waals surface area contributed by atoms with Gasteiger partial charge in [0.2, 0.25) is 11.8 Å². The molecule has 0 saturated heterocycles. The van der Waals surface area contributed by atoms with Crippen molar-refractivity contribution in [3.63, 3.8) is 0 Å². The first kappa shape index (κ1) is 19.1. The van der Waals surface area contributed by atoms with E-state index in [4.69, 9.17) is 21.1 Å². The molecule has 23 heavy (non-hydrogen) atoms. The zero-order valence-electron chi connectivity index (χ0n) is 13.9.